The minimum atomic E-state index is -4.94. The van der Waals surface area contributed by atoms with Gasteiger partial charge in [-0.1, -0.05) is 44.2 Å². The van der Waals surface area contributed by atoms with Crippen LogP contribution in [0.5, 0.6) is 0 Å². The molecule has 2 heterocycles. The Labute approximate surface area is 369 Å². The molecule has 0 saturated carbocycles. The van der Waals surface area contributed by atoms with Crippen LogP contribution < -0.4 is 9.48 Å². The zero-order chi connectivity index (χ0) is 46.9. The van der Waals surface area contributed by atoms with E-state index in [1.54, 1.807) is 61.5 Å². The first-order valence-corrected chi connectivity index (χ1v) is 24.5. The standard InChI is InChI=1S/C44H38N2O14S4/c1-43(2)36-25-34(63(55,56)57)17-19-38(36)45(30-7-5-9-32(23-30)61(49,50)51)40(43)21-15-28(27-11-13-29(14-12-27)42(47)48)16-22-41-44(3,4)37-26-35(64(58,59)60)18-20-39(37)46(41)31-8-6-10-33(24-31)62(52,53)54/h5-26H,1-4H3,(H4-,47,48,49,50,51,52,53,54,55,56,57,58,59,60)/p-3. The molecule has 0 fully saturated rings. The van der Waals surface area contributed by atoms with Crippen molar-refractivity contribution < 1.29 is 61.8 Å². The van der Waals surface area contributed by atoms with Crippen LogP contribution in [-0.2, 0) is 51.3 Å². The summed E-state index contributed by atoms with van der Waals surface area (Å²) < 4.78 is 148. The SMILES string of the molecule is CC1(C)C(/C=C/C(=C/C=C2/N(c3cccc(S(=O)(=O)[O-])c3)c3ccc(S(=O)(=O)[O-])cc3C2(C)C)c2ccc(C(=O)O)cc2)=[N+](c2cccc(S(=O)(=O)[O-])c2)c2ccc(S(=O)(=O)[O-])cc21. The lowest BCUT2D eigenvalue weighted by Crippen LogP contribution is -2.28. The van der Waals surface area contributed by atoms with Crippen LogP contribution in [0.4, 0.5) is 22.7 Å². The molecule has 0 radical (unpaired) electrons. The minimum absolute atomic E-state index is 0.0356. The van der Waals surface area contributed by atoms with Crippen LogP contribution in [0.3, 0.4) is 0 Å². The fourth-order valence-corrected chi connectivity index (χ4v) is 9.91. The van der Waals surface area contributed by atoms with Crippen molar-refractivity contribution in [3.05, 3.63) is 161 Å². The van der Waals surface area contributed by atoms with Crippen molar-refractivity contribution in [2.24, 2.45) is 0 Å². The fourth-order valence-electron chi connectivity index (χ4n) is 7.90. The summed E-state index contributed by atoms with van der Waals surface area (Å²) in [5.74, 6) is -1.20. The maximum atomic E-state index is 12.2. The van der Waals surface area contributed by atoms with Gasteiger partial charge in [0, 0.05) is 46.6 Å². The van der Waals surface area contributed by atoms with Gasteiger partial charge in [0.1, 0.15) is 40.5 Å². The monoisotopic (exact) mass is 943 g/mol. The first-order chi connectivity index (χ1) is 29.6. The Morgan fingerprint density at radius 3 is 1.70 bits per heavy atom. The first kappa shape index (κ1) is 45.9. The van der Waals surface area contributed by atoms with Crippen molar-refractivity contribution in [3.8, 4) is 0 Å². The van der Waals surface area contributed by atoms with Gasteiger partial charge in [-0.05, 0) is 109 Å². The van der Waals surface area contributed by atoms with Gasteiger partial charge >= 0.3 is 5.97 Å². The number of carboxylic acid groups (broad SMARTS) is 1. The lowest BCUT2D eigenvalue weighted by atomic mass is 9.81. The third kappa shape index (κ3) is 8.61. The number of aromatic carboxylic acids is 1. The third-order valence-corrected chi connectivity index (χ3v) is 14.5. The molecule has 0 bridgehead atoms. The van der Waals surface area contributed by atoms with E-state index in [2.05, 4.69) is 0 Å². The molecule has 0 atom stereocenters. The van der Waals surface area contributed by atoms with Gasteiger partial charge in [0.25, 0.3) is 0 Å². The number of rotatable bonds is 11. The number of nitrogens with zero attached hydrogens (tertiary/aromatic N) is 2. The summed E-state index contributed by atoms with van der Waals surface area (Å²) >= 11 is 0. The zero-order valence-corrected chi connectivity index (χ0v) is 37.2. The Balaban J connectivity index is 1.49. The Hall–Kier alpha value is -6.10. The second-order valence-corrected chi connectivity index (χ2v) is 21.4. The smallest absolute Gasteiger partial charge is 0.335 e. The van der Waals surface area contributed by atoms with Crippen LogP contribution >= 0.6 is 0 Å². The first-order valence-electron chi connectivity index (χ1n) is 18.8. The van der Waals surface area contributed by atoms with Crippen molar-refractivity contribution in [2.45, 2.75) is 58.1 Å². The summed E-state index contributed by atoms with van der Waals surface area (Å²) in [5, 5.41) is 9.67. The molecule has 0 aliphatic carbocycles. The molecule has 0 amide bonds. The number of hydrogen-bond acceptors (Lipinski definition) is 14. The fraction of sp³-hybridized carbons (Fsp3) is 0.136. The van der Waals surface area contributed by atoms with Gasteiger partial charge in [0.2, 0.25) is 11.4 Å². The summed E-state index contributed by atoms with van der Waals surface area (Å²) in [5.41, 5.74) is 1.23. The Morgan fingerprint density at radius 2 is 1.12 bits per heavy atom. The molecule has 2 aliphatic heterocycles. The number of carbonyl (C=O) groups is 1. The van der Waals surface area contributed by atoms with Crippen LogP contribution in [0, 0.1) is 0 Å². The van der Waals surface area contributed by atoms with Crippen LogP contribution in [0.2, 0.25) is 0 Å². The predicted molar refractivity (Wildman–Crippen MR) is 231 cm³/mol. The molecular formula is C44H35N2O14S4-3. The largest absolute Gasteiger partial charge is 0.744 e. The molecule has 2 aliphatic rings. The van der Waals surface area contributed by atoms with Gasteiger partial charge in [0.15, 0.2) is 5.71 Å². The van der Waals surface area contributed by atoms with Gasteiger partial charge in [-0.3, -0.25) is 0 Å². The highest BCUT2D eigenvalue weighted by molar-refractivity contribution is 7.86. The van der Waals surface area contributed by atoms with Gasteiger partial charge in [-0.15, -0.1) is 0 Å². The zero-order valence-electron chi connectivity index (χ0n) is 34.0. The Bertz CT molecular complexity index is 3410. The Morgan fingerprint density at radius 1 is 0.609 bits per heavy atom. The van der Waals surface area contributed by atoms with Crippen molar-refractivity contribution >= 4 is 80.5 Å². The summed E-state index contributed by atoms with van der Waals surface area (Å²) in [6.07, 6.45) is 6.54. The lowest BCUT2D eigenvalue weighted by molar-refractivity contribution is 0.0696. The average molecular weight is 944 g/mol. The second kappa shape index (κ2) is 15.9. The van der Waals surface area contributed by atoms with Gasteiger partial charge in [0.05, 0.1) is 36.2 Å². The molecule has 20 heteroatoms. The molecule has 0 unspecified atom stereocenters. The van der Waals surface area contributed by atoms with Crippen LogP contribution in [-0.4, -0.2) is 68.7 Å². The van der Waals surface area contributed by atoms with Crippen molar-refractivity contribution in [2.75, 3.05) is 4.90 Å². The third-order valence-electron chi connectivity index (χ3n) is 11.1. The molecular weight excluding hydrogens is 909 g/mol. The number of allylic oxidation sites excluding steroid dienone is 6. The highest BCUT2D eigenvalue weighted by atomic mass is 32.2. The number of fused-ring (bicyclic) bond motifs is 2. The quantitative estimate of drug-likeness (QED) is 0.0874. The molecule has 0 spiro atoms. The summed E-state index contributed by atoms with van der Waals surface area (Å²) in [6, 6.07) is 23.5. The normalized spacial score (nSPS) is 17.0. The number of anilines is 2. The average Bonchev–Trinajstić information content (AvgIpc) is 3.57. The van der Waals surface area contributed by atoms with Gasteiger partial charge < -0.3 is 28.2 Å². The van der Waals surface area contributed by atoms with Crippen molar-refractivity contribution in [1.82, 2.24) is 4.58 Å². The molecule has 64 heavy (non-hydrogen) atoms. The van der Waals surface area contributed by atoms with E-state index in [4.69, 9.17) is 0 Å². The minimum Gasteiger partial charge on any atom is -0.744 e. The molecule has 0 saturated heterocycles. The Kier molecular flexibility index (Phi) is 11.4. The van der Waals surface area contributed by atoms with Crippen LogP contribution in [0.25, 0.3) is 5.57 Å². The molecule has 1 N–H and O–H groups in total. The van der Waals surface area contributed by atoms with E-state index in [1.807, 2.05) is 0 Å². The lowest BCUT2D eigenvalue weighted by Gasteiger charge is -2.27. The molecule has 16 nitrogen and oxygen atoms in total. The maximum absolute atomic E-state index is 12.2. The van der Waals surface area contributed by atoms with E-state index in [9.17, 15) is 61.8 Å². The second-order valence-electron chi connectivity index (χ2n) is 15.9. The van der Waals surface area contributed by atoms with Crippen molar-refractivity contribution in [1.29, 1.82) is 0 Å². The number of hydrogen-bond donors (Lipinski definition) is 1. The van der Waals surface area contributed by atoms with E-state index < -0.39 is 76.9 Å². The van der Waals surface area contributed by atoms with Crippen LogP contribution in [0.15, 0.2) is 159 Å². The van der Waals surface area contributed by atoms with E-state index in [0.717, 1.165) is 36.4 Å². The van der Waals surface area contributed by atoms with E-state index in [0.29, 0.717) is 45.0 Å². The topological polar surface area (TPSA) is 272 Å². The van der Waals surface area contributed by atoms with E-state index >= 15 is 0 Å². The highest BCUT2D eigenvalue weighted by Gasteiger charge is 2.46. The highest BCUT2D eigenvalue weighted by Crippen LogP contribution is 2.52. The molecule has 5 aromatic carbocycles. The van der Waals surface area contributed by atoms with E-state index in [-0.39, 0.29) is 16.9 Å². The maximum Gasteiger partial charge on any atom is 0.335 e. The van der Waals surface area contributed by atoms with Crippen molar-refractivity contribution in [3.63, 3.8) is 0 Å². The summed E-state index contributed by atoms with van der Waals surface area (Å²) in [7, 11) is -19.7. The summed E-state index contributed by atoms with van der Waals surface area (Å²) in [6.45, 7) is 6.93. The summed E-state index contributed by atoms with van der Waals surface area (Å²) in [4.78, 5) is 11.3. The molecule has 7 rings (SSSR count). The molecule has 332 valence electrons. The number of carboxylic acids is 1. The van der Waals surface area contributed by atoms with Gasteiger partial charge in [-0.2, -0.15) is 4.58 Å². The number of benzene rings is 5. The molecule has 0 aromatic heterocycles. The van der Waals surface area contributed by atoms with Gasteiger partial charge in [-0.25, -0.2) is 38.5 Å². The predicted octanol–water partition coefficient (Wildman–Crippen LogP) is 6.22. The van der Waals surface area contributed by atoms with Crippen LogP contribution in [0.1, 0.15) is 54.7 Å². The molecule has 5 aromatic rings. The van der Waals surface area contributed by atoms with E-state index in [1.165, 1.54) is 72.8 Å².